The van der Waals surface area contributed by atoms with Crippen LogP contribution in [0.4, 0.5) is 11.4 Å². The van der Waals surface area contributed by atoms with Crippen molar-refractivity contribution in [2.24, 2.45) is 0 Å². The van der Waals surface area contributed by atoms with Crippen LogP contribution in [0.5, 0.6) is 0 Å². The number of amides is 1. The van der Waals surface area contributed by atoms with Crippen LogP contribution in [0.2, 0.25) is 0 Å². The van der Waals surface area contributed by atoms with Gasteiger partial charge in [-0.3, -0.25) is 4.79 Å². The molecule has 0 aliphatic carbocycles. The van der Waals surface area contributed by atoms with Gasteiger partial charge in [-0.05, 0) is 24.6 Å². The Balaban J connectivity index is 1.86. The summed E-state index contributed by atoms with van der Waals surface area (Å²) in [4.78, 5) is 11.6. The van der Waals surface area contributed by atoms with Crippen molar-refractivity contribution in [3.63, 3.8) is 0 Å². The van der Waals surface area contributed by atoms with Gasteiger partial charge < -0.3 is 20.5 Å². The van der Waals surface area contributed by atoms with E-state index >= 15 is 0 Å². The number of nitrogens with one attached hydrogen (secondary N) is 1. The van der Waals surface area contributed by atoms with Gasteiger partial charge in [0, 0.05) is 11.4 Å². The molecule has 17 heavy (non-hydrogen) atoms. The quantitative estimate of drug-likeness (QED) is 0.763. The molecule has 1 aromatic rings. The number of carbonyl (C=O) groups is 1. The van der Waals surface area contributed by atoms with Gasteiger partial charge in [0.15, 0.2) is 0 Å². The molecule has 5 nitrogen and oxygen atoms in total. The summed E-state index contributed by atoms with van der Waals surface area (Å²) in [5, 5.41) is 2.77. The lowest BCUT2D eigenvalue weighted by Crippen LogP contribution is -2.38. The van der Waals surface area contributed by atoms with Crippen LogP contribution in [-0.2, 0) is 14.3 Å². The minimum absolute atomic E-state index is 0.0439. The Kier molecular flexibility index (Phi) is 3.61. The topological polar surface area (TPSA) is 73.6 Å². The van der Waals surface area contributed by atoms with E-state index in [0.717, 1.165) is 11.3 Å². The number of benzene rings is 1. The van der Waals surface area contributed by atoms with E-state index in [9.17, 15) is 4.79 Å². The molecule has 1 heterocycles. The molecule has 5 heteroatoms. The molecule has 0 spiro atoms. The number of hydrogen-bond acceptors (Lipinski definition) is 4. The van der Waals surface area contributed by atoms with Gasteiger partial charge in [-0.25, -0.2) is 0 Å². The minimum Gasteiger partial charge on any atom is -0.398 e. The maximum absolute atomic E-state index is 11.6. The van der Waals surface area contributed by atoms with Crippen molar-refractivity contribution in [2.45, 2.75) is 13.0 Å². The first-order valence-corrected chi connectivity index (χ1v) is 5.51. The molecule has 0 radical (unpaired) electrons. The van der Waals surface area contributed by atoms with Crippen LogP contribution in [0.3, 0.4) is 0 Å². The summed E-state index contributed by atoms with van der Waals surface area (Å²) in [6.07, 6.45) is 0.0580. The van der Waals surface area contributed by atoms with Gasteiger partial charge in [-0.1, -0.05) is 6.07 Å². The molecule has 0 aromatic heterocycles. The van der Waals surface area contributed by atoms with Gasteiger partial charge in [0.25, 0.3) is 0 Å². The van der Waals surface area contributed by atoms with E-state index < -0.39 is 0 Å². The Morgan fingerprint density at radius 2 is 2.35 bits per heavy atom. The van der Waals surface area contributed by atoms with Crippen molar-refractivity contribution >= 4 is 17.3 Å². The molecule has 0 bridgehead atoms. The third-order valence-corrected chi connectivity index (χ3v) is 2.71. The third-order valence-electron chi connectivity index (χ3n) is 2.71. The maximum Gasteiger partial charge on any atom is 0.250 e. The van der Waals surface area contributed by atoms with E-state index in [2.05, 4.69) is 5.32 Å². The number of carbonyl (C=O) groups excluding carboxylic acids is 1. The van der Waals surface area contributed by atoms with Crippen molar-refractivity contribution in [1.29, 1.82) is 0 Å². The largest absolute Gasteiger partial charge is 0.398 e. The second-order valence-electron chi connectivity index (χ2n) is 4.04. The second kappa shape index (κ2) is 5.16. The van der Waals surface area contributed by atoms with Gasteiger partial charge in [-0.15, -0.1) is 0 Å². The molecule has 1 saturated heterocycles. The summed E-state index contributed by atoms with van der Waals surface area (Å²) < 4.78 is 10.3. The van der Waals surface area contributed by atoms with Crippen LogP contribution in [-0.4, -0.2) is 31.8 Å². The lowest BCUT2D eigenvalue weighted by Gasteiger charge is -2.25. The molecule has 3 N–H and O–H groups in total. The Hall–Kier alpha value is -1.59. The van der Waals surface area contributed by atoms with Gasteiger partial charge >= 0.3 is 0 Å². The first-order chi connectivity index (χ1) is 8.16. The minimum atomic E-state index is -0.175. The Morgan fingerprint density at radius 3 is 3.00 bits per heavy atom. The maximum atomic E-state index is 11.6. The van der Waals surface area contributed by atoms with Crippen LogP contribution in [0, 0.1) is 6.92 Å². The lowest BCUT2D eigenvalue weighted by atomic mass is 10.1. The van der Waals surface area contributed by atoms with E-state index in [-0.39, 0.29) is 18.6 Å². The summed E-state index contributed by atoms with van der Waals surface area (Å²) >= 11 is 0. The highest BCUT2D eigenvalue weighted by Gasteiger charge is 2.20. The number of hydrogen-bond donors (Lipinski definition) is 2. The standard InChI is InChI=1S/C12H16N2O3/c1-8-10(13)3-2-4-11(8)14-12(15)7-17-9-5-16-6-9/h2-4,9H,5-7,13H2,1H3,(H,14,15). The van der Waals surface area contributed by atoms with E-state index in [1.54, 1.807) is 12.1 Å². The molecule has 1 aliphatic rings. The molecule has 1 aromatic carbocycles. The highest BCUT2D eigenvalue weighted by Crippen LogP contribution is 2.20. The summed E-state index contributed by atoms with van der Waals surface area (Å²) in [6, 6.07) is 5.42. The van der Waals surface area contributed by atoms with Crippen molar-refractivity contribution in [3.05, 3.63) is 23.8 Å². The van der Waals surface area contributed by atoms with E-state index in [1.165, 1.54) is 0 Å². The molecule has 2 rings (SSSR count). The molecule has 1 aliphatic heterocycles. The monoisotopic (exact) mass is 236 g/mol. The Bertz CT molecular complexity index is 416. The highest BCUT2D eigenvalue weighted by atomic mass is 16.6. The van der Waals surface area contributed by atoms with Gasteiger partial charge in [-0.2, -0.15) is 0 Å². The van der Waals surface area contributed by atoms with Crippen LogP contribution < -0.4 is 11.1 Å². The summed E-state index contributed by atoms with van der Waals surface area (Å²) in [5.41, 5.74) is 8.01. The molecular weight excluding hydrogens is 220 g/mol. The van der Waals surface area contributed by atoms with E-state index in [4.69, 9.17) is 15.2 Å². The zero-order valence-electron chi connectivity index (χ0n) is 9.73. The molecular formula is C12H16N2O3. The highest BCUT2D eigenvalue weighted by molar-refractivity contribution is 5.93. The second-order valence-corrected chi connectivity index (χ2v) is 4.04. The van der Waals surface area contributed by atoms with E-state index in [1.807, 2.05) is 13.0 Å². The van der Waals surface area contributed by atoms with Crippen molar-refractivity contribution < 1.29 is 14.3 Å². The molecule has 0 atom stereocenters. The van der Waals surface area contributed by atoms with Gasteiger partial charge in [0.2, 0.25) is 5.91 Å². The smallest absolute Gasteiger partial charge is 0.250 e. The number of nitrogens with two attached hydrogens (primary N) is 1. The van der Waals surface area contributed by atoms with Crippen LogP contribution in [0.1, 0.15) is 5.56 Å². The van der Waals surface area contributed by atoms with E-state index in [0.29, 0.717) is 18.9 Å². The number of nitrogen functional groups attached to an aromatic ring is 1. The number of ether oxygens (including phenoxy) is 2. The van der Waals surface area contributed by atoms with Crippen LogP contribution in [0.15, 0.2) is 18.2 Å². The molecule has 0 unspecified atom stereocenters. The van der Waals surface area contributed by atoms with Crippen LogP contribution in [0.25, 0.3) is 0 Å². The van der Waals surface area contributed by atoms with Crippen molar-refractivity contribution in [2.75, 3.05) is 30.9 Å². The Labute approximate surface area is 99.9 Å². The fraction of sp³-hybridized carbons (Fsp3) is 0.417. The fourth-order valence-electron chi connectivity index (χ4n) is 1.48. The molecule has 0 saturated carbocycles. The average Bonchev–Trinajstić information content (AvgIpc) is 2.23. The number of rotatable bonds is 4. The zero-order chi connectivity index (χ0) is 12.3. The number of anilines is 2. The first-order valence-electron chi connectivity index (χ1n) is 5.51. The Morgan fingerprint density at radius 1 is 1.59 bits per heavy atom. The molecule has 1 fully saturated rings. The summed E-state index contributed by atoms with van der Waals surface area (Å²) in [6.45, 7) is 3.06. The van der Waals surface area contributed by atoms with Crippen molar-refractivity contribution in [1.82, 2.24) is 0 Å². The molecule has 92 valence electrons. The predicted molar refractivity (Wildman–Crippen MR) is 64.8 cm³/mol. The summed E-state index contributed by atoms with van der Waals surface area (Å²) in [5.74, 6) is -0.175. The third kappa shape index (κ3) is 2.95. The van der Waals surface area contributed by atoms with Crippen LogP contribution >= 0.6 is 0 Å². The lowest BCUT2D eigenvalue weighted by molar-refractivity contribution is -0.144. The average molecular weight is 236 g/mol. The molecule has 1 amide bonds. The van der Waals surface area contributed by atoms with Gasteiger partial charge in [0.05, 0.1) is 13.2 Å². The SMILES string of the molecule is Cc1c(N)cccc1NC(=O)COC1COC1. The summed E-state index contributed by atoms with van der Waals surface area (Å²) in [7, 11) is 0. The van der Waals surface area contributed by atoms with Gasteiger partial charge in [0.1, 0.15) is 12.7 Å². The fourth-order valence-corrected chi connectivity index (χ4v) is 1.48. The normalized spacial score (nSPS) is 15.4. The predicted octanol–water partition coefficient (Wildman–Crippen LogP) is 0.931. The first kappa shape index (κ1) is 11.9. The van der Waals surface area contributed by atoms with Crippen molar-refractivity contribution in [3.8, 4) is 0 Å². The zero-order valence-corrected chi connectivity index (χ0v) is 9.73.